The van der Waals surface area contributed by atoms with E-state index >= 15 is 0 Å². The minimum Gasteiger partial charge on any atom is -0.335 e. The molecule has 26 heavy (non-hydrogen) atoms. The molecule has 1 atom stereocenters. The van der Waals surface area contributed by atoms with Crippen molar-refractivity contribution in [1.82, 2.24) is 14.5 Å². The highest BCUT2D eigenvalue weighted by atomic mass is 16.2. The van der Waals surface area contributed by atoms with Crippen LogP contribution in [0.5, 0.6) is 0 Å². The van der Waals surface area contributed by atoms with E-state index in [1.807, 2.05) is 58.9 Å². The smallest absolute Gasteiger partial charge is 0.243 e. The third-order valence-corrected chi connectivity index (χ3v) is 5.12. The zero-order chi connectivity index (χ0) is 18.1. The molecule has 0 saturated carbocycles. The first-order valence-electron chi connectivity index (χ1n) is 8.95. The van der Waals surface area contributed by atoms with Crippen LogP contribution in [0.15, 0.2) is 59.5 Å². The Labute approximate surface area is 151 Å². The van der Waals surface area contributed by atoms with Crippen LogP contribution in [-0.2, 0) is 11.3 Å². The van der Waals surface area contributed by atoms with Crippen molar-refractivity contribution >= 4 is 16.8 Å². The van der Waals surface area contributed by atoms with Gasteiger partial charge in [-0.3, -0.25) is 14.6 Å². The predicted octanol–water partition coefficient (Wildman–Crippen LogP) is 3.07. The van der Waals surface area contributed by atoms with Crippen LogP contribution in [-0.4, -0.2) is 26.9 Å². The van der Waals surface area contributed by atoms with Crippen LogP contribution in [0.1, 0.15) is 30.3 Å². The van der Waals surface area contributed by atoms with Gasteiger partial charge in [0.1, 0.15) is 6.54 Å². The van der Waals surface area contributed by atoms with Gasteiger partial charge in [-0.05, 0) is 44.0 Å². The van der Waals surface area contributed by atoms with E-state index < -0.39 is 0 Å². The Hall–Kier alpha value is -2.95. The van der Waals surface area contributed by atoms with Gasteiger partial charge in [0.25, 0.3) is 0 Å². The number of aromatic nitrogens is 2. The summed E-state index contributed by atoms with van der Waals surface area (Å²) in [5.41, 5.74) is 2.55. The van der Waals surface area contributed by atoms with E-state index in [9.17, 15) is 9.59 Å². The van der Waals surface area contributed by atoms with E-state index in [2.05, 4.69) is 4.98 Å². The quantitative estimate of drug-likeness (QED) is 0.732. The lowest BCUT2D eigenvalue weighted by Crippen LogP contribution is -2.34. The first-order chi connectivity index (χ1) is 12.6. The number of carbonyl (C=O) groups excluding carboxylic acids is 1. The number of pyridine rings is 2. The molecule has 0 aliphatic carbocycles. The number of carbonyl (C=O) groups is 1. The summed E-state index contributed by atoms with van der Waals surface area (Å²) in [7, 11) is 0. The maximum Gasteiger partial charge on any atom is 0.243 e. The van der Waals surface area contributed by atoms with Gasteiger partial charge in [0.05, 0.1) is 17.3 Å². The van der Waals surface area contributed by atoms with Crippen LogP contribution in [0.25, 0.3) is 10.9 Å². The fourth-order valence-corrected chi connectivity index (χ4v) is 3.83. The standard InChI is InChI=1S/C21H21N3O2/c1-15-13-20(25)16-7-2-3-9-18(16)24(15)14-21(26)23-12-6-10-19(23)17-8-4-5-11-22-17/h2-5,7-9,11,13,19H,6,10,12,14H2,1H3/t19-/m0/s1. The van der Waals surface area contributed by atoms with Crippen molar-refractivity contribution in [2.24, 2.45) is 0 Å². The molecule has 1 aromatic carbocycles. The molecule has 132 valence electrons. The van der Waals surface area contributed by atoms with E-state index in [1.54, 1.807) is 12.3 Å². The summed E-state index contributed by atoms with van der Waals surface area (Å²) in [6, 6.07) is 14.9. The molecule has 5 nitrogen and oxygen atoms in total. The van der Waals surface area contributed by atoms with E-state index in [0.29, 0.717) is 5.39 Å². The molecule has 2 aromatic heterocycles. The van der Waals surface area contributed by atoms with Gasteiger partial charge in [-0.15, -0.1) is 0 Å². The van der Waals surface area contributed by atoms with Gasteiger partial charge in [0.2, 0.25) is 5.91 Å². The lowest BCUT2D eigenvalue weighted by molar-refractivity contribution is -0.132. The Morgan fingerprint density at radius 3 is 2.81 bits per heavy atom. The zero-order valence-electron chi connectivity index (χ0n) is 14.8. The number of hydrogen-bond acceptors (Lipinski definition) is 3. The lowest BCUT2D eigenvalue weighted by Gasteiger charge is -2.25. The predicted molar refractivity (Wildman–Crippen MR) is 101 cm³/mol. The molecular formula is C21H21N3O2. The Morgan fingerprint density at radius 2 is 2.00 bits per heavy atom. The Morgan fingerprint density at radius 1 is 1.19 bits per heavy atom. The van der Waals surface area contributed by atoms with Gasteiger partial charge in [-0.1, -0.05) is 18.2 Å². The normalized spacial score (nSPS) is 17.0. The molecule has 5 heteroatoms. The maximum atomic E-state index is 13.1. The SMILES string of the molecule is Cc1cc(=O)c2ccccc2n1CC(=O)N1CCC[C@H]1c1ccccn1. The number of likely N-dealkylation sites (tertiary alicyclic amines) is 1. The van der Waals surface area contributed by atoms with Crippen LogP contribution in [0, 0.1) is 6.92 Å². The molecule has 0 bridgehead atoms. The van der Waals surface area contributed by atoms with E-state index in [0.717, 1.165) is 36.3 Å². The number of fused-ring (bicyclic) bond motifs is 1. The Kier molecular flexibility index (Phi) is 4.29. The Balaban J connectivity index is 1.67. The minimum absolute atomic E-state index is 0.00525. The number of nitrogens with zero attached hydrogens (tertiary/aromatic N) is 3. The molecule has 0 spiro atoms. The molecule has 3 aromatic rings. The van der Waals surface area contributed by atoms with Gasteiger partial charge in [0.15, 0.2) is 5.43 Å². The minimum atomic E-state index is -0.00525. The molecule has 0 radical (unpaired) electrons. The molecule has 1 aliphatic heterocycles. The first kappa shape index (κ1) is 16.5. The maximum absolute atomic E-state index is 13.1. The number of hydrogen-bond donors (Lipinski definition) is 0. The Bertz CT molecular complexity index is 1010. The average molecular weight is 347 g/mol. The summed E-state index contributed by atoms with van der Waals surface area (Å²) >= 11 is 0. The van der Waals surface area contributed by atoms with Gasteiger partial charge < -0.3 is 9.47 Å². The van der Waals surface area contributed by atoms with Crippen molar-refractivity contribution in [1.29, 1.82) is 0 Å². The van der Waals surface area contributed by atoms with Gasteiger partial charge in [-0.2, -0.15) is 0 Å². The summed E-state index contributed by atoms with van der Waals surface area (Å²) < 4.78 is 1.94. The second-order valence-corrected chi connectivity index (χ2v) is 6.75. The van der Waals surface area contributed by atoms with Crippen molar-refractivity contribution < 1.29 is 4.79 Å². The van der Waals surface area contributed by atoms with Crippen molar-refractivity contribution in [3.05, 3.63) is 76.3 Å². The van der Waals surface area contributed by atoms with Crippen molar-refractivity contribution in [2.75, 3.05) is 6.54 Å². The van der Waals surface area contributed by atoms with Crippen molar-refractivity contribution in [3.8, 4) is 0 Å². The fourth-order valence-electron chi connectivity index (χ4n) is 3.83. The van der Waals surface area contributed by atoms with Crippen LogP contribution in [0.3, 0.4) is 0 Å². The largest absolute Gasteiger partial charge is 0.335 e. The second-order valence-electron chi connectivity index (χ2n) is 6.75. The zero-order valence-corrected chi connectivity index (χ0v) is 14.8. The highest BCUT2D eigenvalue weighted by molar-refractivity contribution is 5.83. The van der Waals surface area contributed by atoms with E-state index in [-0.39, 0.29) is 23.9 Å². The first-order valence-corrected chi connectivity index (χ1v) is 8.95. The average Bonchev–Trinajstić information content (AvgIpc) is 3.16. The molecule has 1 aliphatic rings. The highest BCUT2D eigenvalue weighted by Gasteiger charge is 2.30. The summed E-state index contributed by atoms with van der Waals surface area (Å²) in [5, 5.41) is 0.647. The van der Waals surface area contributed by atoms with Crippen LogP contribution in [0.4, 0.5) is 0 Å². The molecule has 1 amide bonds. The summed E-state index contributed by atoms with van der Waals surface area (Å²) in [6.45, 7) is 2.86. The van der Waals surface area contributed by atoms with Crippen LogP contribution in [0.2, 0.25) is 0 Å². The van der Waals surface area contributed by atoms with Crippen LogP contribution >= 0.6 is 0 Å². The topological polar surface area (TPSA) is 55.2 Å². The van der Waals surface area contributed by atoms with E-state index in [4.69, 9.17) is 0 Å². The number of amides is 1. The molecule has 0 unspecified atom stereocenters. The summed E-state index contributed by atoms with van der Waals surface area (Å²) in [4.78, 5) is 31.7. The number of aryl methyl sites for hydroxylation is 1. The fraction of sp³-hybridized carbons (Fsp3) is 0.286. The number of benzene rings is 1. The molecular weight excluding hydrogens is 326 g/mol. The third kappa shape index (κ3) is 2.90. The number of rotatable bonds is 3. The van der Waals surface area contributed by atoms with Crippen molar-refractivity contribution in [3.63, 3.8) is 0 Å². The lowest BCUT2D eigenvalue weighted by atomic mass is 10.1. The van der Waals surface area contributed by atoms with Gasteiger partial charge >= 0.3 is 0 Å². The molecule has 3 heterocycles. The highest BCUT2D eigenvalue weighted by Crippen LogP contribution is 2.31. The van der Waals surface area contributed by atoms with E-state index in [1.165, 1.54) is 0 Å². The molecule has 1 saturated heterocycles. The summed E-state index contributed by atoms with van der Waals surface area (Å²) in [5.74, 6) is 0.0649. The molecule has 4 rings (SSSR count). The van der Waals surface area contributed by atoms with Crippen LogP contribution < -0.4 is 5.43 Å². The number of para-hydroxylation sites is 1. The van der Waals surface area contributed by atoms with Gasteiger partial charge in [-0.25, -0.2) is 0 Å². The van der Waals surface area contributed by atoms with Crippen molar-refractivity contribution in [2.45, 2.75) is 32.4 Å². The summed E-state index contributed by atoms with van der Waals surface area (Å²) in [6.07, 6.45) is 3.69. The monoisotopic (exact) mass is 347 g/mol. The third-order valence-electron chi connectivity index (χ3n) is 5.12. The van der Waals surface area contributed by atoms with Gasteiger partial charge in [0, 0.05) is 29.9 Å². The molecule has 0 N–H and O–H groups in total. The second kappa shape index (κ2) is 6.75. The molecule has 1 fully saturated rings.